The third-order valence-electron chi connectivity index (χ3n) is 3.57. The van der Waals surface area contributed by atoms with Gasteiger partial charge in [0.2, 0.25) is 5.91 Å². The largest absolute Gasteiger partial charge is 0.353 e. The van der Waals surface area contributed by atoms with Crippen LogP contribution in [-0.2, 0) is 4.79 Å². The van der Waals surface area contributed by atoms with Gasteiger partial charge in [-0.05, 0) is 25.7 Å². The topological polar surface area (TPSA) is 44.7 Å². The normalized spacial score (nSPS) is 25.4. The van der Waals surface area contributed by atoms with Crippen LogP contribution in [0.5, 0.6) is 0 Å². The maximum Gasteiger partial charge on any atom is 0.244 e. The number of likely N-dealkylation sites (tertiary alicyclic amines) is 1. The third-order valence-corrected chi connectivity index (χ3v) is 4.58. The highest BCUT2D eigenvalue weighted by Gasteiger charge is 2.26. The maximum atomic E-state index is 12.1. The lowest BCUT2D eigenvalue weighted by atomic mass is 10.1. The third kappa shape index (κ3) is 3.19. The molecule has 1 saturated heterocycles. The van der Waals surface area contributed by atoms with Crippen molar-refractivity contribution in [3.05, 3.63) is 0 Å². The molecule has 1 fully saturated rings. The molecule has 102 valence electrons. The van der Waals surface area contributed by atoms with Gasteiger partial charge >= 0.3 is 0 Å². The summed E-state index contributed by atoms with van der Waals surface area (Å²) < 4.78 is 0. The van der Waals surface area contributed by atoms with E-state index in [1.54, 1.807) is 11.8 Å². The van der Waals surface area contributed by atoms with Crippen LogP contribution in [0.3, 0.4) is 0 Å². The number of hydrogen-bond acceptors (Lipinski definition) is 4. The number of hydrogen-bond donors (Lipinski definition) is 1. The number of amides is 1. The molecule has 4 nitrogen and oxygen atoms in total. The van der Waals surface area contributed by atoms with E-state index in [-0.39, 0.29) is 11.9 Å². The molecule has 1 unspecified atom stereocenters. The molecule has 18 heavy (non-hydrogen) atoms. The average molecular weight is 269 g/mol. The van der Waals surface area contributed by atoms with E-state index >= 15 is 0 Å². The zero-order chi connectivity index (χ0) is 13.1. The summed E-state index contributed by atoms with van der Waals surface area (Å²) in [7, 11) is 0. The fourth-order valence-corrected chi connectivity index (χ4v) is 3.53. The first-order valence-corrected chi connectivity index (χ1v) is 7.82. The average Bonchev–Trinajstić information content (AvgIpc) is 2.98. The van der Waals surface area contributed by atoms with Gasteiger partial charge in [-0.15, -0.1) is 0 Å². The summed E-state index contributed by atoms with van der Waals surface area (Å²) >= 11 is 1.74. The van der Waals surface area contributed by atoms with Crippen LogP contribution in [0.4, 0.5) is 0 Å². The molecule has 0 aromatic heterocycles. The maximum absolute atomic E-state index is 12.1. The summed E-state index contributed by atoms with van der Waals surface area (Å²) in [4.78, 5) is 18.7. The van der Waals surface area contributed by atoms with Gasteiger partial charge in [-0.25, -0.2) is 0 Å². The molecule has 0 radical (unpaired) electrons. The highest BCUT2D eigenvalue weighted by Crippen LogP contribution is 2.22. The number of nitrogens with zero attached hydrogens (tertiary/aromatic N) is 2. The van der Waals surface area contributed by atoms with E-state index in [4.69, 9.17) is 0 Å². The molecule has 5 heteroatoms. The fourth-order valence-electron chi connectivity index (χ4n) is 2.27. The standard InChI is InChI=1S/C13H23N3OS/c1-9(2)11-8-18-13(15-11)14-10(3)12(17)16-6-4-5-7-16/h9-11H,4-8H2,1-3H3,(H,14,15)/t10?,11-/m1/s1. The highest BCUT2D eigenvalue weighted by atomic mass is 32.2. The second-order valence-corrected chi connectivity index (χ2v) is 6.46. The summed E-state index contributed by atoms with van der Waals surface area (Å²) in [5.74, 6) is 1.81. The van der Waals surface area contributed by atoms with Gasteiger partial charge in [-0.3, -0.25) is 9.79 Å². The minimum atomic E-state index is -0.153. The van der Waals surface area contributed by atoms with Gasteiger partial charge in [0, 0.05) is 18.8 Å². The van der Waals surface area contributed by atoms with Gasteiger partial charge in [0.25, 0.3) is 0 Å². The lowest BCUT2D eigenvalue weighted by molar-refractivity contribution is -0.131. The Hall–Kier alpha value is -0.710. The van der Waals surface area contributed by atoms with E-state index in [0.717, 1.165) is 36.9 Å². The molecule has 1 amide bonds. The van der Waals surface area contributed by atoms with Crippen molar-refractivity contribution in [3.63, 3.8) is 0 Å². The first-order valence-electron chi connectivity index (χ1n) is 6.84. The SMILES string of the molecule is CC(NC1=N[C@@H](C(C)C)CS1)C(=O)N1CCCC1. The summed E-state index contributed by atoms with van der Waals surface area (Å²) in [6.45, 7) is 8.15. The lowest BCUT2D eigenvalue weighted by Crippen LogP contribution is -2.45. The Kier molecular flexibility index (Phi) is 4.54. The summed E-state index contributed by atoms with van der Waals surface area (Å²) in [6.07, 6.45) is 2.28. The number of thioether (sulfide) groups is 1. The molecular formula is C13H23N3OS. The zero-order valence-corrected chi connectivity index (χ0v) is 12.3. The predicted octanol–water partition coefficient (Wildman–Crippen LogP) is 1.71. The number of rotatable bonds is 3. The Morgan fingerprint density at radius 2 is 2.06 bits per heavy atom. The van der Waals surface area contributed by atoms with Gasteiger partial charge < -0.3 is 10.2 Å². The molecule has 0 aromatic rings. The van der Waals surface area contributed by atoms with Crippen LogP contribution in [0.1, 0.15) is 33.6 Å². The van der Waals surface area contributed by atoms with Gasteiger partial charge in [-0.2, -0.15) is 0 Å². The Morgan fingerprint density at radius 1 is 1.39 bits per heavy atom. The van der Waals surface area contributed by atoms with Crippen LogP contribution in [0.15, 0.2) is 4.99 Å². The number of amidine groups is 1. The van der Waals surface area contributed by atoms with Crippen LogP contribution in [-0.4, -0.2) is 46.9 Å². The number of nitrogens with one attached hydrogen (secondary N) is 1. The number of carbonyl (C=O) groups is 1. The molecule has 2 aliphatic rings. The van der Waals surface area contributed by atoms with Gasteiger partial charge in [0.1, 0.15) is 6.04 Å². The van der Waals surface area contributed by atoms with Crippen molar-refractivity contribution in [1.82, 2.24) is 10.2 Å². The van der Waals surface area contributed by atoms with Gasteiger partial charge in [0.05, 0.1) is 6.04 Å². The minimum absolute atomic E-state index is 0.153. The molecule has 0 aromatic carbocycles. The molecule has 1 N–H and O–H groups in total. The van der Waals surface area contributed by atoms with Gasteiger partial charge in [-0.1, -0.05) is 25.6 Å². The molecule has 2 aliphatic heterocycles. The zero-order valence-electron chi connectivity index (χ0n) is 11.5. The van der Waals surface area contributed by atoms with Crippen molar-refractivity contribution < 1.29 is 4.79 Å². The van der Waals surface area contributed by atoms with Crippen molar-refractivity contribution in [2.24, 2.45) is 10.9 Å². The summed E-state index contributed by atoms with van der Waals surface area (Å²) in [5.41, 5.74) is 0. The smallest absolute Gasteiger partial charge is 0.244 e. The Labute approximate surface area is 114 Å². The van der Waals surface area contributed by atoms with E-state index in [0.29, 0.717) is 12.0 Å². The fraction of sp³-hybridized carbons (Fsp3) is 0.846. The van der Waals surface area contributed by atoms with Crippen LogP contribution >= 0.6 is 11.8 Å². The first-order chi connectivity index (χ1) is 8.58. The van der Waals surface area contributed by atoms with Gasteiger partial charge in [0.15, 0.2) is 5.17 Å². The second-order valence-electron chi connectivity index (χ2n) is 5.46. The van der Waals surface area contributed by atoms with Crippen molar-refractivity contribution in [2.75, 3.05) is 18.8 Å². The lowest BCUT2D eigenvalue weighted by Gasteiger charge is -2.21. The summed E-state index contributed by atoms with van der Waals surface area (Å²) in [5, 5.41) is 4.20. The van der Waals surface area contributed by atoms with Crippen LogP contribution < -0.4 is 5.32 Å². The second kappa shape index (κ2) is 5.95. The van der Waals surface area contributed by atoms with E-state index in [1.165, 1.54) is 0 Å². The first kappa shape index (κ1) is 13.7. The highest BCUT2D eigenvalue weighted by molar-refractivity contribution is 8.14. The molecular weight excluding hydrogens is 246 g/mol. The number of carbonyl (C=O) groups excluding carboxylic acids is 1. The quantitative estimate of drug-likeness (QED) is 0.848. The van der Waals surface area contributed by atoms with E-state index in [9.17, 15) is 4.79 Å². The number of aliphatic imine (C=N–C) groups is 1. The molecule has 0 bridgehead atoms. The molecule has 2 heterocycles. The molecule has 2 atom stereocenters. The molecule has 2 rings (SSSR count). The van der Waals surface area contributed by atoms with E-state index < -0.39 is 0 Å². The summed E-state index contributed by atoms with van der Waals surface area (Å²) in [6, 6.07) is 0.242. The van der Waals surface area contributed by atoms with Crippen molar-refractivity contribution in [2.45, 2.75) is 45.7 Å². The van der Waals surface area contributed by atoms with Crippen molar-refractivity contribution in [1.29, 1.82) is 0 Å². The molecule has 0 aliphatic carbocycles. The van der Waals surface area contributed by atoms with Crippen molar-refractivity contribution >= 4 is 22.8 Å². The Balaban J connectivity index is 1.85. The Bertz CT molecular complexity index is 337. The van der Waals surface area contributed by atoms with E-state index in [2.05, 4.69) is 24.2 Å². The van der Waals surface area contributed by atoms with Crippen LogP contribution in [0.2, 0.25) is 0 Å². The van der Waals surface area contributed by atoms with Crippen LogP contribution in [0.25, 0.3) is 0 Å². The molecule has 0 spiro atoms. The monoisotopic (exact) mass is 269 g/mol. The minimum Gasteiger partial charge on any atom is -0.353 e. The predicted molar refractivity (Wildman–Crippen MR) is 76.9 cm³/mol. The van der Waals surface area contributed by atoms with Crippen LogP contribution in [0, 0.1) is 5.92 Å². The van der Waals surface area contributed by atoms with E-state index in [1.807, 2.05) is 11.8 Å². The molecule has 0 saturated carbocycles. The van der Waals surface area contributed by atoms with Crippen molar-refractivity contribution in [3.8, 4) is 0 Å². The Morgan fingerprint density at radius 3 is 2.61 bits per heavy atom.